The van der Waals surface area contributed by atoms with Crippen molar-refractivity contribution < 1.29 is 0 Å². The van der Waals surface area contributed by atoms with E-state index in [1.54, 1.807) is 0 Å². The molecule has 38 heavy (non-hydrogen) atoms. The van der Waals surface area contributed by atoms with Crippen LogP contribution in [0.4, 0.5) is 5.00 Å². The zero-order valence-electron chi connectivity index (χ0n) is 21.5. The number of rotatable bonds is 10. The Morgan fingerprint density at radius 1 is 0.632 bits per heavy atom. The molecule has 0 aliphatic rings. The molecular weight excluding hydrogens is 579 g/mol. The highest BCUT2D eigenvalue weighted by Crippen LogP contribution is 2.51. The van der Waals surface area contributed by atoms with Gasteiger partial charge in [0.15, 0.2) is 0 Å². The third-order valence-corrected chi connectivity index (χ3v) is 14.0. The summed E-state index contributed by atoms with van der Waals surface area (Å²) >= 11 is 11.6. The number of nitrogens with one attached hydrogen (secondary N) is 1. The van der Waals surface area contributed by atoms with Crippen molar-refractivity contribution in [3.63, 3.8) is 0 Å². The Morgan fingerprint density at radius 2 is 1.26 bits per heavy atom. The second-order valence-electron chi connectivity index (χ2n) is 9.93. The van der Waals surface area contributed by atoms with Gasteiger partial charge in [-0.05, 0) is 49.7 Å². The molecule has 0 radical (unpaired) electrons. The molecule has 0 fully saturated rings. The van der Waals surface area contributed by atoms with E-state index in [-0.39, 0.29) is 0 Å². The number of anilines is 1. The molecule has 6 aromatic heterocycles. The molecule has 1 nitrogen and oxygen atoms in total. The van der Waals surface area contributed by atoms with Crippen molar-refractivity contribution in [1.29, 1.82) is 0 Å². The van der Waals surface area contributed by atoms with Crippen LogP contribution in [-0.4, -0.2) is 6.54 Å². The van der Waals surface area contributed by atoms with Crippen molar-refractivity contribution in [2.75, 3.05) is 11.9 Å². The van der Waals surface area contributed by atoms with E-state index in [2.05, 4.69) is 66.3 Å². The Balaban J connectivity index is 1.16. The number of hydrogen-bond acceptors (Lipinski definition) is 7. The van der Waals surface area contributed by atoms with Crippen LogP contribution >= 0.6 is 68.0 Å². The lowest BCUT2D eigenvalue weighted by molar-refractivity contribution is 0.617. The van der Waals surface area contributed by atoms with Gasteiger partial charge in [0.25, 0.3) is 0 Å². The van der Waals surface area contributed by atoms with Crippen LogP contribution in [0.1, 0.15) is 50.3 Å². The second-order valence-corrected chi connectivity index (χ2v) is 16.2. The van der Waals surface area contributed by atoms with Crippen molar-refractivity contribution in [1.82, 2.24) is 0 Å². The smallest absolute Gasteiger partial charge is 0.0888 e. The topological polar surface area (TPSA) is 12.0 Å². The van der Waals surface area contributed by atoms with Gasteiger partial charge in [0, 0.05) is 63.2 Å². The average Bonchev–Trinajstić information content (AvgIpc) is 3.73. The van der Waals surface area contributed by atoms with Crippen LogP contribution in [0, 0.1) is 6.92 Å². The summed E-state index contributed by atoms with van der Waals surface area (Å²) in [5.74, 6) is 0. The maximum atomic E-state index is 3.67. The number of unbranched alkanes of at least 4 members (excludes halogenated alkanes) is 5. The van der Waals surface area contributed by atoms with Crippen molar-refractivity contribution in [3.05, 3.63) is 52.0 Å². The van der Waals surface area contributed by atoms with Gasteiger partial charge >= 0.3 is 0 Å². The molecular formula is C31H29NS6. The van der Waals surface area contributed by atoms with Crippen LogP contribution in [0.3, 0.4) is 0 Å². The quantitative estimate of drug-likeness (QED) is 0.153. The fourth-order valence-electron chi connectivity index (χ4n) is 5.19. The molecule has 0 bridgehead atoms. The average molecular weight is 608 g/mol. The summed E-state index contributed by atoms with van der Waals surface area (Å²) in [5.41, 5.74) is 2.82. The van der Waals surface area contributed by atoms with E-state index in [0.29, 0.717) is 0 Å². The van der Waals surface area contributed by atoms with Gasteiger partial charge in [0.05, 0.1) is 23.8 Å². The first-order valence-corrected chi connectivity index (χ1v) is 18.4. The predicted molar refractivity (Wildman–Crippen MR) is 181 cm³/mol. The van der Waals surface area contributed by atoms with Gasteiger partial charge in [-0.1, -0.05) is 39.0 Å². The van der Waals surface area contributed by atoms with Gasteiger partial charge in [-0.3, -0.25) is 0 Å². The number of fused-ring (bicyclic) bond motifs is 6. The van der Waals surface area contributed by atoms with E-state index in [4.69, 9.17) is 0 Å². The predicted octanol–water partition coefficient (Wildman–Crippen LogP) is 13.1. The van der Waals surface area contributed by atoms with Gasteiger partial charge in [0.2, 0.25) is 0 Å². The van der Waals surface area contributed by atoms with E-state index in [1.165, 1.54) is 108 Å². The van der Waals surface area contributed by atoms with Crippen molar-refractivity contribution >= 4 is 112 Å². The standard InChI is InChI=1S/C31H29NS6/c1-3-4-5-6-7-8-13-32-27-12-11-24(36-27)22-17-34-29-20-14-19-25(15-26(20)38-31(22)29)37-30-21(16-33-28(19)30)23-10-9-18(2)35-23/h9-12,14-17,32H,3-8,13H2,1-2H3. The maximum Gasteiger partial charge on any atom is 0.0888 e. The molecule has 0 saturated heterocycles. The lowest BCUT2D eigenvalue weighted by atomic mass is 10.1. The monoisotopic (exact) mass is 607 g/mol. The van der Waals surface area contributed by atoms with Crippen LogP contribution in [-0.2, 0) is 0 Å². The molecule has 0 aliphatic carbocycles. The normalized spacial score (nSPS) is 12.2. The Labute approximate surface area is 247 Å². The molecule has 0 aliphatic heterocycles. The van der Waals surface area contributed by atoms with E-state index < -0.39 is 0 Å². The van der Waals surface area contributed by atoms with Crippen molar-refractivity contribution in [2.45, 2.75) is 52.4 Å². The molecule has 7 rings (SSSR count). The number of hydrogen-bond donors (Lipinski definition) is 1. The molecule has 194 valence electrons. The van der Waals surface area contributed by atoms with Crippen LogP contribution in [0.5, 0.6) is 0 Å². The number of aryl methyl sites for hydroxylation is 1. The number of benzene rings is 1. The SMILES string of the molecule is CCCCCCCCNc1ccc(-c2csc3c2sc2cc4sc5c(-c6ccc(C)s6)csc5c4cc23)s1. The summed E-state index contributed by atoms with van der Waals surface area (Å²) in [5, 5.41) is 12.6. The molecule has 0 saturated carbocycles. The molecule has 0 amide bonds. The zero-order valence-corrected chi connectivity index (χ0v) is 26.4. The Morgan fingerprint density at radius 3 is 1.92 bits per heavy atom. The van der Waals surface area contributed by atoms with E-state index in [0.717, 1.165) is 6.54 Å². The highest BCUT2D eigenvalue weighted by molar-refractivity contribution is 7.35. The van der Waals surface area contributed by atoms with Crippen LogP contribution in [0.2, 0.25) is 0 Å². The summed E-state index contributed by atoms with van der Waals surface area (Å²) in [6.45, 7) is 5.56. The largest absolute Gasteiger partial charge is 0.377 e. The third kappa shape index (κ3) is 4.55. The molecule has 6 heterocycles. The molecule has 0 unspecified atom stereocenters. The summed E-state index contributed by atoms with van der Waals surface area (Å²) in [6.07, 6.45) is 8.05. The minimum absolute atomic E-state index is 1.08. The van der Waals surface area contributed by atoms with Crippen LogP contribution in [0.15, 0.2) is 47.2 Å². The minimum Gasteiger partial charge on any atom is -0.377 e. The minimum atomic E-state index is 1.08. The molecule has 7 aromatic rings. The number of thiophene rings is 6. The molecule has 1 aromatic carbocycles. The lowest BCUT2D eigenvalue weighted by Gasteiger charge is -2.03. The fourth-order valence-corrected chi connectivity index (χ4v) is 12.5. The second kappa shape index (κ2) is 10.7. The van der Waals surface area contributed by atoms with Gasteiger partial charge in [-0.2, -0.15) is 0 Å². The first-order chi connectivity index (χ1) is 18.7. The summed E-state index contributed by atoms with van der Waals surface area (Å²) in [6, 6.07) is 14.0. The van der Waals surface area contributed by atoms with Gasteiger partial charge < -0.3 is 5.32 Å². The Kier molecular flexibility index (Phi) is 7.09. The summed E-state index contributed by atoms with van der Waals surface area (Å²) in [7, 11) is 0. The van der Waals surface area contributed by atoms with Crippen LogP contribution < -0.4 is 5.32 Å². The Hall–Kier alpha value is -1.74. The first-order valence-electron chi connectivity index (χ1n) is 13.4. The summed E-state index contributed by atoms with van der Waals surface area (Å²) in [4.78, 5) is 4.15. The lowest BCUT2D eigenvalue weighted by Crippen LogP contribution is -1.99. The third-order valence-electron chi connectivity index (χ3n) is 7.19. The first kappa shape index (κ1) is 25.2. The zero-order chi connectivity index (χ0) is 25.6. The van der Waals surface area contributed by atoms with Gasteiger partial charge in [0.1, 0.15) is 0 Å². The Bertz CT molecular complexity index is 1870. The van der Waals surface area contributed by atoms with Gasteiger partial charge in [-0.25, -0.2) is 0 Å². The van der Waals surface area contributed by atoms with Crippen LogP contribution in [0.25, 0.3) is 59.9 Å². The van der Waals surface area contributed by atoms with Gasteiger partial charge in [-0.15, -0.1) is 68.0 Å². The van der Waals surface area contributed by atoms with Crippen molar-refractivity contribution in [3.8, 4) is 20.9 Å². The van der Waals surface area contributed by atoms with Crippen molar-refractivity contribution in [2.24, 2.45) is 0 Å². The molecule has 0 atom stereocenters. The molecule has 1 N–H and O–H groups in total. The fraction of sp³-hybridized carbons (Fsp3) is 0.290. The molecule has 0 spiro atoms. The van der Waals surface area contributed by atoms with E-state index >= 15 is 0 Å². The summed E-state index contributed by atoms with van der Waals surface area (Å²) < 4.78 is 8.63. The van der Waals surface area contributed by atoms with E-state index in [9.17, 15) is 0 Å². The molecule has 7 heteroatoms. The van der Waals surface area contributed by atoms with E-state index in [1.807, 2.05) is 68.0 Å². The highest BCUT2D eigenvalue weighted by Gasteiger charge is 2.19. The maximum absolute atomic E-state index is 3.67. The highest BCUT2D eigenvalue weighted by atomic mass is 32.1.